The molecule has 0 radical (unpaired) electrons. The van der Waals surface area contributed by atoms with Crippen LogP contribution >= 0.6 is 0 Å². The highest BCUT2D eigenvalue weighted by molar-refractivity contribution is 5.91. The molecule has 0 spiro atoms. The summed E-state index contributed by atoms with van der Waals surface area (Å²) in [7, 11) is 0. The summed E-state index contributed by atoms with van der Waals surface area (Å²) < 4.78 is 7.21. The summed E-state index contributed by atoms with van der Waals surface area (Å²) in [5.74, 6) is 1.32. The van der Waals surface area contributed by atoms with Crippen LogP contribution in [-0.2, 0) is 6.54 Å². The van der Waals surface area contributed by atoms with Gasteiger partial charge in [0, 0.05) is 6.42 Å². The Morgan fingerprint density at radius 2 is 1.97 bits per heavy atom. The minimum atomic E-state index is -0.0296. The van der Waals surface area contributed by atoms with Crippen LogP contribution in [0.15, 0.2) is 53.1 Å². The van der Waals surface area contributed by atoms with Crippen molar-refractivity contribution >= 4 is 5.91 Å². The Labute approximate surface area is 176 Å². The Morgan fingerprint density at radius 1 is 1.17 bits per heavy atom. The van der Waals surface area contributed by atoms with Crippen LogP contribution < -0.4 is 4.90 Å². The van der Waals surface area contributed by atoms with Gasteiger partial charge in [-0.2, -0.15) is 0 Å². The predicted molar refractivity (Wildman–Crippen MR) is 111 cm³/mol. The summed E-state index contributed by atoms with van der Waals surface area (Å²) in [6.45, 7) is 6.04. The van der Waals surface area contributed by atoms with Gasteiger partial charge in [0.05, 0.1) is 39.0 Å². The first kappa shape index (κ1) is 20.3. The molecule has 1 fully saturated rings. The fourth-order valence-electron chi connectivity index (χ4n) is 4.16. The van der Waals surface area contributed by atoms with E-state index in [-0.39, 0.29) is 11.9 Å². The Balaban J connectivity index is 1.46. The third kappa shape index (κ3) is 4.59. The van der Waals surface area contributed by atoms with Crippen LogP contribution in [0.25, 0.3) is 0 Å². The number of quaternary nitrogens is 1. The van der Waals surface area contributed by atoms with E-state index in [1.54, 1.807) is 18.4 Å². The van der Waals surface area contributed by atoms with Crippen molar-refractivity contribution in [2.75, 3.05) is 26.2 Å². The maximum atomic E-state index is 12.6. The predicted octanol–water partition coefficient (Wildman–Crippen LogP) is 1.59. The highest BCUT2D eigenvalue weighted by Gasteiger charge is 2.34. The lowest BCUT2D eigenvalue weighted by Gasteiger charge is -2.35. The lowest BCUT2D eigenvalue weighted by molar-refractivity contribution is -0.936. The summed E-state index contributed by atoms with van der Waals surface area (Å²) in [6.07, 6.45) is 4.84. The number of tetrazole rings is 1. The summed E-state index contributed by atoms with van der Waals surface area (Å²) in [5.41, 5.74) is 1.18. The van der Waals surface area contributed by atoms with E-state index in [0.29, 0.717) is 25.4 Å². The summed E-state index contributed by atoms with van der Waals surface area (Å²) in [6, 6.07) is 14.0. The number of benzene rings is 1. The smallest absolute Gasteiger partial charge is 0.289 e. The first-order chi connectivity index (χ1) is 14.8. The number of hydrogen-bond donors (Lipinski definition) is 1. The number of amides is 1. The zero-order valence-electron chi connectivity index (χ0n) is 17.4. The van der Waals surface area contributed by atoms with E-state index >= 15 is 0 Å². The molecular formula is C22H29N6O2+. The van der Waals surface area contributed by atoms with Crippen LogP contribution in [0, 0.1) is 0 Å². The average molecular weight is 410 g/mol. The Kier molecular flexibility index (Phi) is 6.53. The molecule has 30 heavy (non-hydrogen) atoms. The van der Waals surface area contributed by atoms with Crippen LogP contribution in [0.5, 0.6) is 0 Å². The summed E-state index contributed by atoms with van der Waals surface area (Å²) >= 11 is 0. The maximum absolute atomic E-state index is 12.6. The molecule has 3 aromatic rings. The molecule has 158 valence electrons. The molecule has 0 aliphatic carbocycles. The number of unbranched alkanes of at least 4 members (excludes halogenated alkanes) is 1. The van der Waals surface area contributed by atoms with Crippen molar-refractivity contribution in [1.82, 2.24) is 25.1 Å². The van der Waals surface area contributed by atoms with Crippen LogP contribution in [0.2, 0.25) is 0 Å². The fourth-order valence-corrected chi connectivity index (χ4v) is 4.16. The van der Waals surface area contributed by atoms with Crippen molar-refractivity contribution < 1.29 is 14.1 Å². The average Bonchev–Trinajstić information content (AvgIpc) is 3.48. The van der Waals surface area contributed by atoms with Crippen molar-refractivity contribution in [2.24, 2.45) is 0 Å². The van der Waals surface area contributed by atoms with Crippen molar-refractivity contribution in [2.45, 2.75) is 38.8 Å². The molecule has 0 bridgehead atoms. The lowest BCUT2D eigenvalue weighted by atomic mass is 10.1. The summed E-state index contributed by atoms with van der Waals surface area (Å²) in [5, 5.41) is 12.7. The highest BCUT2D eigenvalue weighted by Crippen LogP contribution is 2.16. The minimum absolute atomic E-state index is 0.0296. The fraction of sp³-hybridized carbons (Fsp3) is 0.455. The molecule has 1 amide bonds. The molecular weight excluding hydrogens is 380 g/mol. The molecule has 1 aliphatic rings. The second kappa shape index (κ2) is 9.67. The minimum Gasteiger partial charge on any atom is -0.459 e. The Bertz CT molecular complexity index is 916. The zero-order chi connectivity index (χ0) is 20.8. The molecule has 0 saturated carbocycles. The zero-order valence-corrected chi connectivity index (χ0v) is 17.4. The largest absolute Gasteiger partial charge is 0.459 e. The quantitative estimate of drug-likeness (QED) is 0.611. The SMILES string of the molecule is CCCC[C@@H](c1nnnn1Cc1ccccc1)[NH+]1CCN(C(=O)c2ccco2)CC1. The molecule has 1 saturated heterocycles. The first-order valence-electron chi connectivity index (χ1n) is 10.7. The van der Waals surface area contributed by atoms with Crippen molar-refractivity contribution in [3.05, 3.63) is 65.9 Å². The molecule has 4 rings (SSSR count). The molecule has 1 aliphatic heterocycles. The van der Waals surface area contributed by atoms with Crippen LogP contribution in [0.1, 0.15) is 54.2 Å². The third-order valence-electron chi connectivity index (χ3n) is 5.81. The highest BCUT2D eigenvalue weighted by atomic mass is 16.3. The van der Waals surface area contributed by atoms with Gasteiger partial charge in [-0.3, -0.25) is 4.79 Å². The third-order valence-corrected chi connectivity index (χ3v) is 5.81. The number of furan rings is 1. The number of nitrogens with zero attached hydrogens (tertiary/aromatic N) is 5. The second-order valence-electron chi connectivity index (χ2n) is 7.80. The number of nitrogens with one attached hydrogen (secondary N) is 1. The number of carbonyl (C=O) groups is 1. The molecule has 8 heteroatoms. The van der Waals surface area contributed by atoms with Crippen LogP contribution in [0.3, 0.4) is 0 Å². The second-order valence-corrected chi connectivity index (χ2v) is 7.80. The topological polar surface area (TPSA) is 81.5 Å². The molecule has 1 atom stereocenters. The van der Waals surface area contributed by atoms with Crippen molar-refractivity contribution in [3.63, 3.8) is 0 Å². The van der Waals surface area contributed by atoms with E-state index < -0.39 is 0 Å². The Hall–Kier alpha value is -3.00. The molecule has 1 N–H and O–H groups in total. The van der Waals surface area contributed by atoms with Gasteiger partial charge >= 0.3 is 0 Å². The van der Waals surface area contributed by atoms with Crippen LogP contribution in [0.4, 0.5) is 0 Å². The van der Waals surface area contributed by atoms with Gasteiger partial charge in [0.25, 0.3) is 5.91 Å². The van der Waals surface area contributed by atoms with E-state index in [1.807, 2.05) is 27.8 Å². The van der Waals surface area contributed by atoms with Crippen LogP contribution in [-0.4, -0.2) is 57.2 Å². The number of rotatable bonds is 8. The van der Waals surface area contributed by atoms with E-state index in [0.717, 1.165) is 38.2 Å². The Morgan fingerprint density at radius 3 is 2.67 bits per heavy atom. The standard InChI is InChI=1S/C22H28N6O2/c1-2-3-10-19(21-23-24-25-28(21)17-18-8-5-4-6-9-18)26-12-14-27(15-13-26)22(29)20-11-7-16-30-20/h4-9,11,16,19H,2-3,10,12-15,17H2,1H3/p+1/t19-/m0/s1. The molecule has 1 aromatic carbocycles. The van der Waals surface area contributed by atoms with Crippen molar-refractivity contribution in [1.29, 1.82) is 0 Å². The van der Waals surface area contributed by atoms with E-state index in [1.165, 1.54) is 10.5 Å². The molecule has 0 unspecified atom stereocenters. The molecule has 8 nitrogen and oxygen atoms in total. The van der Waals surface area contributed by atoms with E-state index in [2.05, 4.69) is 34.6 Å². The van der Waals surface area contributed by atoms with Gasteiger partial charge in [0.2, 0.25) is 5.82 Å². The normalized spacial score (nSPS) is 16.0. The lowest BCUT2D eigenvalue weighted by Crippen LogP contribution is -3.15. The van der Waals surface area contributed by atoms with Gasteiger partial charge in [0.15, 0.2) is 5.76 Å². The first-order valence-corrected chi connectivity index (χ1v) is 10.7. The van der Waals surface area contributed by atoms with Gasteiger partial charge < -0.3 is 14.2 Å². The number of aromatic nitrogens is 4. The van der Waals surface area contributed by atoms with Gasteiger partial charge in [-0.1, -0.05) is 43.7 Å². The van der Waals surface area contributed by atoms with E-state index in [4.69, 9.17) is 4.42 Å². The molecule has 3 heterocycles. The van der Waals surface area contributed by atoms with Gasteiger partial charge in [0.1, 0.15) is 6.04 Å². The van der Waals surface area contributed by atoms with Gasteiger partial charge in [-0.25, -0.2) is 4.68 Å². The van der Waals surface area contributed by atoms with Crippen molar-refractivity contribution in [3.8, 4) is 0 Å². The number of hydrogen-bond acceptors (Lipinski definition) is 5. The maximum Gasteiger partial charge on any atom is 0.289 e. The van der Waals surface area contributed by atoms with Gasteiger partial charge in [-0.15, -0.1) is 5.10 Å². The van der Waals surface area contributed by atoms with E-state index in [9.17, 15) is 4.79 Å². The summed E-state index contributed by atoms with van der Waals surface area (Å²) in [4.78, 5) is 15.9. The van der Waals surface area contributed by atoms with Gasteiger partial charge in [-0.05, 0) is 34.5 Å². The monoisotopic (exact) mass is 409 g/mol. The number of carbonyl (C=O) groups excluding carboxylic acids is 1. The molecule has 2 aromatic heterocycles. The number of piperazine rings is 1.